The van der Waals surface area contributed by atoms with E-state index in [2.05, 4.69) is 6.58 Å². The zero-order chi connectivity index (χ0) is 5.98. The summed E-state index contributed by atoms with van der Waals surface area (Å²) >= 11 is 5.68. The monoisotopic (exact) mass is 126 g/mol. The predicted octanol–water partition coefficient (Wildman–Crippen LogP) is 2.63. The zero-order valence-electron chi connectivity index (χ0n) is 4.52. The number of rotatable bonds is 0. The van der Waals surface area contributed by atoms with E-state index < -0.39 is 0 Å². The number of halogens is 1. The first-order valence-electron chi connectivity index (χ1n) is 2.51. The van der Waals surface area contributed by atoms with Crippen LogP contribution in [0.15, 0.2) is 35.4 Å². The topological polar surface area (TPSA) is 0 Å². The van der Waals surface area contributed by atoms with Gasteiger partial charge >= 0.3 is 0 Å². The number of hydrogen-bond donors (Lipinski definition) is 0. The van der Waals surface area contributed by atoms with Crippen LogP contribution in [0.2, 0.25) is 0 Å². The maximum Gasteiger partial charge on any atom is 0.0435 e. The van der Waals surface area contributed by atoms with Gasteiger partial charge in [-0.3, -0.25) is 0 Å². The molecule has 0 aromatic rings. The van der Waals surface area contributed by atoms with Crippen LogP contribution in [0.3, 0.4) is 0 Å². The van der Waals surface area contributed by atoms with E-state index in [0.717, 1.165) is 17.0 Å². The van der Waals surface area contributed by atoms with Gasteiger partial charge in [-0.05, 0) is 18.1 Å². The summed E-state index contributed by atoms with van der Waals surface area (Å²) in [7, 11) is 0. The van der Waals surface area contributed by atoms with Crippen LogP contribution in [0.1, 0.15) is 6.42 Å². The molecule has 0 N–H and O–H groups in total. The summed E-state index contributed by atoms with van der Waals surface area (Å²) < 4.78 is 0. The summed E-state index contributed by atoms with van der Waals surface area (Å²) in [5.74, 6) is 0. The molecule has 1 aliphatic carbocycles. The first-order valence-corrected chi connectivity index (χ1v) is 2.89. The third kappa shape index (κ3) is 1.01. The average Bonchev–Trinajstić information content (AvgIpc) is 1.77. The average molecular weight is 127 g/mol. The van der Waals surface area contributed by atoms with Crippen LogP contribution < -0.4 is 0 Å². The molecule has 0 radical (unpaired) electrons. The molecule has 1 heteroatoms. The lowest BCUT2D eigenvalue weighted by molar-refractivity contribution is 1.26. The van der Waals surface area contributed by atoms with Gasteiger partial charge in [0.2, 0.25) is 0 Å². The molecule has 0 heterocycles. The Morgan fingerprint density at radius 3 is 2.75 bits per heavy atom. The molecule has 0 aromatic heterocycles. The first-order chi connectivity index (χ1) is 3.80. The van der Waals surface area contributed by atoms with Crippen LogP contribution in [0.5, 0.6) is 0 Å². The van der Waals surface area contributed by atoms with Gasteiger partial charge in [0, 0.05) is 5.03 Å². The minimum atomic E-state index is 0.785. The van der Waals surface area contributed by atoms with Gasteiger partial charge < -0.3 is 0 Å². The second-order valence-corrected chi connectivity index (χ2v) is 2.16. The predicted molar refractivity (Wildman–Crippen MR) is 36.8 cm³/mol. The van der Waals surface area contributed by atoms with Crippen molar-refractivity contribution in [2.45, 2.75) is 6.42 Å². The third-order valence-corrected chi connectivity index (χ3v) is 1.47. The van der Waals surface area contributed by atoms with Crippen molar-refractivity contribution in [3.63, 3.8) is 0 Å². The van der Waals surface area contributed by atoms with Crippen molar-refractivity contribution in [2.75, 3.05) is 0 Å². The molecule has 1 aliphatic rings. The molecule has 1 rings (SSSR count). The van der Waals surface area contributed by atoms with E-state index in [1.165, 1.54) is 0 Å². The molecule has 0 aromatic carbocycles. The summed E-state index contributed by atoms with van der Waals surface area (Å²) in [6, 6.07) is 0. The Kier molecular flexibility index (Phi) is 1.54. The fourth-order valence-corrected chi connectivity index (χ4v) is 0.728. The molecular weight excluding hydrogens is 120 g/mol. The largest absolute Gasteiger partial charge is 0.0940 e. The second-order valence-electron chi connectivity index (χ2n) is 1.75. The first kappa shape index (κ1) is 5.64. The third-order valence-electron chi connectivity index (χ3n) is 1.08. The Balaban J connectivity index is 2.80. The highest BCUT2D eigenvalue weighted by Gasteiger charge is 1.97. The Labute approximate surface area is 54.2 Å². The highest BCUT2D eigenvalue weighted by molar-refractivity contribution is 6.32. The Hall–Kier alpha value is -0.490. The quantitative estimate of drug-likeness (QED) is 0.468. The minimum absolute atomic E-state index is 0.785. The molecule has 0 spiro atoms. The van der Waals surface area contributed by atoms with E-state index in [9.17, 15) is 0 Å². The molecule has 0 saturated heterocycles. The van der Waals surface area contributed by atoms with E-state index in [1.54, 1.807) is 0 Å². The summed E-state index contributed by atoms with van der Waals surface area (Å²) in [6.45, 7) is 3.74. The van der Waals surface area contributed by atoms with Gasteiger partial charge in [-0.1, -0.05) is 30.3 Å². The van der Waals surface area contributed by atoms with Gasteiger partial charge in [0.05, 0.1) is 0 Å². The van der Waals surface area contributed by atoms with Crippen LogP contribution in [0.25, 0.3) is 0 Å². The summed E-state index contributed by atoms with van der Waals surface area (Å²) in [5, 5.41) is 0.785. The lowest BCUT2D eigenvalue weighted by Gasteiger charge is -2.01. The zero-order valence-corrected chi connectivity index (χ0v) is 5.28. The van der Waals surface area contributed by atoms with Gasteiger partial charge in [0.1, 0.15) is 0 Å². The SMILES string of the molecule is C=C1CC=CC=C1Cl. The van der Waals surface area contributed by atoms with Crippen LogP contribution in [0, 0.1) is 0 Å². The van der Waals surface area contributed by atoms with Gasteiger partial charge in [-0.15, -0.1) is 0 Å². The highest BCUT2D eigenvalue weighted by Crippen LogP contribution is 2.19. The van der Waals surface area contributed by atoms with E-state index in [0.29, 0.717) is 0 Å². The van der Waals surface area contributed by atoms with Gasteiger partial charge in [0.15, 0.2) is 0 Å². The molecule has 0 fully saturated rings. The van der Waals surface area contributed by atoms with Crippen LogP contribution in [-0.4, -0.2) is 0 Å². The minimum Gasteiger partial charge on any atom is -0.0940 e. The summed E-state index contributed by atoms with van der Waals surface area (Å²) in [6.07, 6.45) is 6.73. The van der Waals surface area contributed by atoms with E-state index in [-0.39, 0.29) is 0 Å². The molecular formula is C7H7Cl. The van der Waals surface area contributed by atoms with Gasteiger partial charge in [-0.2, -0.15) is 0 Å². The molecule has 0 unspecified atom stereocenters. The van der Waals surface area contributed by atoms with Crippen LogP contribution in [0.4, 0.5) is 0 Å². The second kappa shape index (κ2) is 2.19. The standard InChI is InChI=1S/C7H7Cl/c1-6-4-2-3-5-7(6)8/h2-3,5H,1,4H2. The normalized spacial score (nSPS) is 18.6. The Bertz CT molecular complexity index is 163. The molecule has 0 bridgehead atoms. The summed E-state index contributed by atoms with van der Waals surface area (Å²) in [4.78, 5) is 0. The van der Waals surface area contributed by atoms with Crippen molar-refractivity contribution >= 4 is 11.6 Å². The number of allylic oxidation sites excluding steroid dienone is 5. The molecule has 42 valence electrons. The highest BCUT2D eigenvalue weighted by atomic mass is 35.5. The van der Waals surface area contributed by atoms with Crippen molar-refractivity contribution in [3.05, 3.63) is 35.4 Å². The fourth-order valence-electron chi connectivity index (χ4n) is 0.578. The molecule has 0 nitrogen and oxygen atoms in total. The van der Waals surface area contributed by atoms with Gasteiger partial charge in [-0.25, -0.2) is 0 Å². The van der Waals surface area contributed by atoms with E-state index in [1.807, 2.05) is 18.2 Å². The summed E-state index contributed by atoms with van der Waals surface area (Å²) in [5.41, 5.74) is 1.01. The maximum atomic E-state index is 5.68. The van der Waals surface area contributed by atoms with Crippen molar-refractivity contribution in [1.82, 2.24) is 0 Å². The molecule has 8 heavy (non-hydrogen) atoms. The Morgan fingerprint density at radius 2 is 2.38 bits per heavy atom. The fraction of sp³-hybridized carbons (Fsp3) is 0.143. The van der Waals surface area contributed by atoms with Crippen LogP contribution in [-0.2, 0) is 0 Å². The van der Waals surface area contributed by atoms with E-state index >= 15 is 0 Å². The maximum absolute atomic E-state index is 5.68. The number of hydrogen-bond acceptors (Lipinski definition) is 0. The Morgan fingerprint density at radius 1 is 1.62 bits per heavy atom. The van der Waals surface area contributed by atoms with Crippen molar-refractivity contribution < 1.29 is 0 Å². The molecule has 0 atom stereocenters. The lowest BCUT2D eigenvalue weighted by Crippen LogP contribution is -1.81. The smallest absolute Gasteiger partial charge is 0.0435 e. The van der Waals surface area contributed by atoms with Crippen molar-refractivity contribution in [3.8, 4) is 0 Å². The van der Waals surface area contributed by atoms with Crippen molar-refractivity contribution in [1.29, 1.82) is 0 Å². The van der Waals surface area contributed by atoms with Crippen LogP contribution >= 0.6 is 11.6 Å². The van der Waals surface area contributed by atoms with Gasteiger partial charge in [0.25, 0.3) is 0 Å². The van der Waals surface area contributed by atoms with E-state index in [4.69, 9.17) is 11.6 Å². The van der Waals surface area contributed by atoms with Crippen molar-refractivity contribution in [2.24, 2.45) is 0 Å². The lowest BCUT2D eigenvalue weighted by atomic mass is 10.1. The molecule has 0 saturated carbocycles. The molecule has 0 aliphatic heterocycles. The molecule has 0 amide bonds.